The van der Waals surface area contributed by atoms with Crippen LogP contribution < -0.4 is 10.1 Å². The number of rotatable bonds is 1. The summed E-state index contributed by atoms with van der Waals surface area (Å²) in [5.74, 6) is 0.976. The van der Waals surface area contributed by atoms with E-state index in [1.807, 2.05) is 5.38 Å². The first kappa shape index (κ1) is 9.73. The summed E-state index contributed by atoms with van der Waals surface area (Å²) in [6, 6.07) is 8.39. The highest BCUT2D eigenvalue weighted by atomic mass is 32.1. The van der Waals surface area contributed by atoms with Crippen molar-refractivity contribution in [3.8, 4) is 5.75 Å². The molecule has 0 saturated carbocycles. The summed E-state index contributed by atoms with van der Waals surface area (Å²) >= 11 is 1.67. The monoisotopic (exact) mass is 231 g/mol. The SMILES string of the molecule is Cc1ccccc1C1CNc2cscc2O1. The minimum absolute atomic E-state index is 0.128. The molecule has 3 heteroatoms. The second-order valence-corrected chi connectivity index (χ2v) is 4.74. The summed E-state index contributed by atoms with van der Waals surface area (Å²) in [5, 5.41) is 7.54. The number of thiophene rings is 1. The Labute approximate surface area is 98.9 Å². The van der Waals surface area contributed by atoms with Gasteiger partial charge in [0.05, 0.1) is 12.2 Å². The molecule has 1 aliphatic heterocycles. The van der Waals surface area contributed by atoms with E-state index in [1.165, 1.54) is 11.1 Å². The zero-order valence-corrected chi connectivity index (χ0v) is 9.88. The van der Waals surface area contributed by atoms with Gasteiger partial charge in [0.15, 0.2) is 5.75 Å². The van der Waals surface area contributed by atoms with Crippen molar-refractivity contribution in [2.45, 2.75) is 13.0 Å². The number of ether oxygens (including phenoxy) is 1. The maximum atomic E-state index is 5.99. The van der Waals surface area contributed by atoms with Gasteiger partial charge in [-0.1, -0.05) is 24.3 Å². The minimum Gasteiger partial charge on any atom is -0.481 e. The molecule has 82 valence electrons. The first-order valence-corrected chi connectivity index (χ1v) is 6.31. The van der Waals surface area contributed by atoms with Gasteiger partial charge >= 0.3 is 0 Å². The molecule has 1 aliphatic rings. The fraction of sp³-hybridized carbons (Fsp3) is 0.231. The van der Waals surface area contributed by atoms with Gasteiger partial charge in [-0.2, -0.15) is 0 Å². The van der Waals surface area contributed by atoms with Gasteiger partial charge in [-0.05, 0) is 18.1 Å². The normalized spacial score (nSPS) is 18.4. The summed E-state index contributed by atoms with van der Waals surface area (Å²) in [6.45, 7) is 2.97. The molecule has 0 amide bonds. The van der Waals surface area contributed by atoms with E-state index in [2.05, 4.69) is 41.9 Å². The smallest absolute Gasteiger partial charge is 0.154 e. The first-order valence-electron chi connectivity index (χ1n) is 5.37. The zero-order chi connectivity index (χ0) is 11.0. The van der Waals surface area contributed by atoms with Gasteiger partial charge in [0, 0.05) is 10.8 Å². The van der Waals surface area contributed by atoms with E-state index in [1.54, 1.807) is 11.3 Å². The lowest BCUT2D eigenvalue weighted by Gasteiger charge is -2.26. The molecule has 0 spiro atoms. The fourth-order valence-corrected chi connectivity index (χ4v) is 2.73. The van der Waals surface area contributed by atoms with E-state index in [9.17, 15) is 0 Å². The average Bonchev–Trinajstić information content (AvgIpc) is 2.76. The molecule has 1 aromatic carbocycles. The molecule has 2 heterocycles. The molecule has 3 rings (SSSR count). The van der Waals surface area contributed by atoms with Crippen molar-refractivity contribution in [2.24, 2.45) is 0 Å². The Bertz CT molecular complexity index is 506. The van der Waals surface area contributed by atoms with Crippen LogP contribution in [0.1, 0.15) is 17.2 Å². The maximum Gasteiger partial charge on any atom is 0.154 e. The lowest BCUT2D eigenvalue weighted by molar-refractivity contribution is 0.211. The van der Waals surface area contributed by atoms with Gasteiger partial charge < -0.3 is 10.1 Å². The lowest BCUT2D eigenvalue weighted by atomic mass is 10.0. The predicted molar refractivity (Wildman–Crippen MR) is 67.4 cm³/mol. The molecular weight excluding hydrogens is 218 g/mol. The molecule has 2 nitrogen and oxygen atoms in total. The number of aryl methyl sites for hydroxylation is 1. The molecule has 0 radical (unpaired) electrons. The molecule has 0 bridgehead atoms. The van der Waals surface area contributed by atoms with Crippen molar-refractivity contribution in [3.63, 3.8) is 0 Å². The van der Waals surface area contributed by atoms with Crippen LogP contribution >= 0.6 is 11.3 Å². The summed E-state index contributed by atoms with van der Waals surface area (Å²) in [4.78, 5) is 0. The molecule has 16 heavy (non-hydrogen) atoms. The molecule has 0 saturated heterocycles. The van der Waals surface area contributed by atoms with E-state index in [4.69, 9.17) is 4.74 Å². The third-order valence-electron chi connectivity index (χ3n) is 2.91. The molecule has 2 aromatic rings. The number of nitrogens with one attached hydrogen (secondary N) is 1. The van der Waals surface area contributed by atoms with Crippen molar-refractivity contribution in [1.29, 1.82) is 0 Å². The Morgan fingerprint density at radius 3 is 3.06 bits per heavy atom. The van der Waals surface area contributed by atoms with E-state index < -0.39 is 0 Å². The minimum atomic E-state index is 0.128. The molecule has 1 unspecified atom stereocenters. The second-order valence-electron chi connectivity index (χ2n) is 3.99. The molecule has 1 atom stereocenters. The van der Waals surface area contributed by atoms with E-state index in [-0.39, 0.29) is 6.10 Å². The molecule has 0 fully saturated rings. The average molecular weight is 231 g/mol. The second kappa shape index (κ2) is 3.83. The van der Waals surface area contributed by atoms with Crippen LogP contribution in [0.3, 0.4) is 0 Å². The summed E-state index contributed by atoms with van der Waals surface area (Å²) < 4.78 is 5.99. The van der Waals surface area contributed by atoms with Crippen LogP contribution in [0, 0.1) is 6.92 Å². The Morgan fingerprint density at radius 2 is 2.19 bits per heavy atom. The van der Waals surface area contributed by atoms with Gasteiger partial charge in [-0.3, -0.25) is 0 Å². The molecular formula is C13H13NOS. The van der Waals surface area contributed by atoms with Crippen molar-refractivity contribution in [3.05, 3.63) is 46.2 Å². The Balaban J connectivity index is 1.92. The highest BCUT2D eigenvalue weighted by Crippen LogP contribution is 2.37. The van der Waals surface area contributed by atoms with Gasteiger partial charge in [-0.25, -0.2) is 0 Å². The van der Waals surface area contributed by atoms with Crippen molar-refractivity contribution < 1.29 is 4.74 Å². The number of hydrogen-bond donors (Lipinski definition) is 1. The number of anilines is 1. The standard InChI is InChI=1S/C13H13NOS/c1-9-4-2-3-5-10(9)12-6-14-11-7-16-8-13(11)15-12/h2-5,7-8,12,14H,6H2,1H3. The zero-order valence-electron chi connectivity index (χ0n) is 9.07. The van der Waals surface area contributed by atoms with Crippen LogP contribution in [-0.2, 0) is 0 Å². The fourth-order valence-electron chi connectivity index (χ4n) is 2.02. The topological polar surface area (TPSA) is 21.3 Å². The third-order valence-corrected chi connectivity index (χ3v) is 3.63. The van der Waals surface area contributed by atoms with Crippen molar-refractivity contribution in [2.75, 3.05) is 11.9 Å². The highest BCUT2D eigenvalue weighted by Gasteiger charge is 2.22. The van der Waals surface area contributed by atoms with Gasteiger partial charge in [0.1, 0.15) is 6.10 Å². The van der Waals surface area contributed by atoms with Crippen molar-refractivity contribution >= 4 is 17.0 Å². The number of hydrogen-bond acceptors (Lipinski definition) is 3. The largest absolute Gasteiger partial charge is 0.481 e. The van der Waals surface area contributed by atoms with E-state index in [0.717, 1.165) is 18.0 Å². The van der Waals surface area contributed by atoms with Crippen LogP contribution in [0.4, 0.5) is 5.69 Å². The molecule has 1 aromatic heterocycles. The summed E-state index contributed by atoms with van der Waals surface area (Å²) in [7, 11) is 0. The van der Waals surface area contributed by atoms with Gasteiger partial charge in [0.25, 0.3) is 0 Å². The summed E-state index contributed by atoms with van der Waals surface area (Å²) in [6.07, 6.45) is 0.128. The lowest BCUT2D eigenvalue weighted by Crippen LogP contribution is -2.23. The van der Waals surface area contributed by atoms with Crippen LogP contribution in [0.15, 0.2) is 35.0 Å². The van der Waals surface area contributed by atoms with Crippen LogP contribution in [-0.4, -0.2) is 6.54 Å². The van der Waals surface area contributed by atoms with E-state index in [0.29, 0.717) is 0 Å². The van der Waals surface area contributed by atoms with Gasteiger partial charge in [-0.15, -0.1) is 11.3 Å². The first-order chi connectivity index (χ1) is 7.84. The highest BCUT2D eigenvalue weighted by molar-refractivity contribution is 7.08. The van der Waals surface area contributed by atoms with Crippen LogP contribution in [0.5, 0.6) is 5.75 Å². The Hall–Kier alpha value is -1.48. The maximum absolute atomic E-state index is 5.99. The number of benzene rings is 1. The Morgan fingerprint density at radius 1 is 1.31 bits per heavy atom. The third kappa shape index (κ3) is 1.57. The van der Waals surface area contributed by atoms with Crippen LogP contribution in [0.2, 0.25) is 0 Å². The quantitative estimate of drug-likeness (QED) is 0.809. The van der Waals surface area contributed by atoms with Crippen LogP contribution in [0.25, 0.3) is 0 Å². The molecule has 0 aliphatic carbocycles. The summed E-state index contributed by atoms with van der Waals surface area (Å²) in [5.41, 5.74) is 3.68. The van der Waals surface area contributed by atoms with E-state index >= 15 is 0 Å². The molecule has 1 N–H and O–H groups in total. The predicted octanol–water partition coefficient (Wildman–Crippen LogP) is 3.60. The Kier molecular flexibility index (Phi) is 2.33. The van der Waals surface area contributed by atoms with Gasteiger partial charge in [0.2, 0.25) is 0 Å². The number of fused-ring (bicyclic) bond motifs is 1. The van der Waals surface area contributed by atoms with Crippen molar-refractivity contribution in [1.82, 2.24) is 0 Å².